The van der Waals surface area contributed by atoms with E-state index < -0.39 is 19.9 Å². The van der Waals surface area contributed by atoms with Gasteiger partial charge in [-0.1, -0.05) is 46.9 Å². The van der Waals surface area contributed by atoms with Crippen LogP contribution in [0.3, 0.4) is 0 Å². The highest BCUT2D eigenvalue weighted by molar-refractivity contribution is 7.92. The van der Waals surface area contributed by atoms with Gasteiger partial charge in [-0.2, -0.15) is 0 Å². The molecule has 0 bridgehead atoms. The summed E-state index contributed by atoms with van der Waals surface area (Å²) in [7, 11) is -4.28. The van der Waals surface area contributed by atoms with Gasteiger partial charge in [-0.3, -0.25) is 23.5 Å². The molecular formula is C60H64Cl3N9O8S2. The third-order valence-electron chi connectivity index (χ3n) is 16.2. The van der Waals surface area contributed by atoms with Gasteiger partial charge in [0.25, 0.3) is 33.7 Å². The van der Waals surface area contributed by atoms with E-state index in [1.54, 1.807) is 66.7 Å². The third kappa shape index (κ3) is 11.7. The number of hydrogen-bond acceptors (Lipinski definition) is 10. The van der Waals surface area contributed by atoms with Crippen molar-refractivity contribution in [2.75, 3.05) is 81.4 Å². The number of amides is 4. The molecule has 0 radical (unpaired) electrons. The molecule has 0 aliphatic carbocycles. The van der Waals surface area contributed by atoms with Crippen LogP contribution in [0.25, 0.3) is 23.3 Å². The first kappa shape index (κ1) is 58.5. The number of likely N-dealkylation sites (N-methyl/N-ethyl adjacent to an activating group) is 1. The van der Waals surface area contributed by atoms with Gasteiger partial charge in [0.1, 0.15) is 0 Å². The predicted octanol–water partition coefficient (Wildman–Crippen LogP) is 10.1. The number of H-pyrrole nitrogens is 2. The highest BCUT2D eigenvalue weighted by atomic mass is 35.5. The van der Waals surface area contributed by atoms with Gasteiger partial charge >= 0.3 is 0 Å². The van der Waals surface area contributed by atoms with E-state index in [2.05, 4.69) is 30.4 Å². The Morgan fingerprint density at radius 2 is 1.20 bits per heavy atom. The fourth-order valence-electron chi connectivity index (χ4n) is 11.5. The lowest BCUT2D eigenvalue weighted by atomic mass is 10.0. The highest BCUT2D eigenvalue weighted by Crippen LogP contribution is 2.40. The zero-order chi connectivity index (χ0) is 58.5. The van der Waals surface area contributed by atoms with Crippen LogP contribution in [0.15, 0.2) is 88.7 Å². The van der Waals surface area contributed by atoms with Crippen molar-refractivity contribution in [3.05, 3.63) is 156 Å². The number of nitrogens with one attached hydrogen (secondary N) is 4. The van der Waals surface area contributed by atoms with Crippen LogP contribution >= 0.6 is 34.8 Å². The molecule has 4 N–H and O–H groups in total. The topological polar surface area (TPSA) is 208 Å². The molecule has 22 heteroatoms. The largest absolute Gasteiger partial charge is 0.358 e. The average Bonchev–Trinajstić information content (AvgIpc) is 3.70. The van der Waals surface area contributed by atoms with Crippen molar-refractivity contribution in [3.8, 4) is 0 Å². The molecule has 7 heterocycles. The van der Waals surface area contributed by atoms with E-state index in [1.807, 2.05) is 44.5 Å². The van der Waals surface area contributed by atoms with Crippen LogP contribution in [-0.4, -0.2) is 143 Å². The summed E-state index contributed by atoms with van der Waals surface area (Å²) in [5, 5.41) is 6.60. The summed E-state index contributed by atoms with van der Waals surface area (Å²) in [4.78, 5) is 68.4. The SMILES string of the molecule is Cc1[nH]c(/C=C2\C(=O)Nc3ccc(S(=O)(=O)Cc4c(Cl)cccc4Cl)cc32)c(C)c1C(=O)N1CCC[C@@H]1CN1CCCC1.Cc1[nH]c(/C=C2\C(=O)Nc3ccc(S(=O)(=O)N(C)c4cccc(Cl)c4)cc32)c(C)c1C(=O)N1CCN(C)CC1. The van der Waals surface area contributed by atoms with Crippen LogP contribution in [0.4, 0.5) is 17.1 Å². The van der Waals surface area contributed by atoms with Crippen molar-refractivity contribution in [1.82, 2.24) is 29.6 Å². The molecule has 5 aliphatic heterocycles. The standard InChI is InChI=1S/C32H34Cl2N4O4S.C28H30ClN5O4S/c1-19-29(35-20(2)30(19)32(40)38-14-6-7-21(38)17-37-12-3-4-13-37)16-24-23-15-22(10-11-28(23)36-31(24)39)43(41,42)18-25-26(33)8-5-9-27(25)34;1-17-25(30-18(2)26(17)28(36)34-12-10-32(3)11-13-34)16-23-22-15-21(8-9-24(22)31-27(23)35)39(37,38)33(4)20-7-5-6-19(29)14-20/h5,8-11,15-16,21,35H,3-4,6-7,12-14,17-18H2,1-2H3,(H,36,39);5-9,14-16,30H,10-13H2,1-4H3,(H,31,35)/b24-16-;23-16-/t21-;/m1./s1. The second-order valence-electron chi connectivity index (χ2n) is 21.6. The maximum Gasteiger partial charge on any atom is 0.264 e. The van der Waals surface area contributed by atoms with E-state index in [0.717, 1.165) is 78.9 Å². The zero-order valence-corrected chi connectivity index (χ0v) is 50.3. The number of aryl methyl sites for hydroxylation is 2. The molecule has 5 aliphatic rings. The molecule has 4 amide bonds. The van der Waals surface area contributed by atoms with Gasteiger partial charge in [0.15, 0.2) is 9.84 Å². The van der Waals surface area contributed by atoms with E-state index in [1.165, 1.54) is 44.2 Å². The van der Waals surface area contributed by atoms with Gasteiger partial charge in [0.2, 0.25) is 0 Å². The molecule has 82 heavy (non-hydrogen) atoms. The van der Waals surface area contributed by atoms with Gasteiger partial charge < -0.3 is 40.2 Å². The number of aromatic amines is 2. The number of piperazine rings is 1. The number of hydrogen-bond donors (Lipinski definition) is 4. The summed E-state index contributed by atoms with van der Waals surface area (Å²) in [6, 6.07) is 20.7. The molecule has 3 saturated heterocycles. The van der Waals surface area contributed by atoms with E-state index in [-0.39, 0.29) is 55.3 Å². The number of rotatable bonds is 12. The monoisotopic (exact) mass is 1210 g/mol. The summed E-state index contributed by atoms with van der Waals surface area (Å²) >= 11 is 18.6. The van der Waals surface area contributed by atoms with E-state index in [4.69, 9.17) is 34.8 Å². The lowest BCUT2D eigenvalue weighted by Crippen LogP contribution is -2.47. The number of benzene rings is 4. The van der Waals surface area contributed by atoms with Gasteiger partial charge in [0, 0.05) is 118 Å². The van der Waals surface area contributed by atoms with Gasteiger partial charge in [-0.25, -0.2) is 16.8 Å². The normalized spacial score (nSPS) is 18.4. The number of carbonyl (C=O) groups is 4. The molecule has 2 aromatic heterocycles. The lowest BCUT2D eigenvalue weighted by Gasteiger charge is -2.32. The summed E-state index contributed by atoms with van der Waals surface area (Å²) in [6.45, 7) is 14.3. The van der Waals surface area contributed by atoms with Crippen LogP contribution in [0.2, 0.25) is 15.1 Å². The van der Waals surface area contributed by atoms with Crippen LogP contribution in [0.1, 0.15) is 97.0 Å². The van der Waals surface area contributed by atoms with Crippen molar-refractivity contribution < 1.29 is 36.0 Å². The highest BCUT2D eigenvalue weighted by Gasteiger charge is 2.36. The first-order valence-corrected chi connectivity index (χ1v) is 31.4. The van der Waals surface area contributed by atoms with Gasteiger partial charge in [0.05, 0.1) is 43.5 Å². The number of likely N-dealkylation sites (tertiary alicyclic amines) is 2. The Balaban J connectivity index is 0.000000185. The number of sulfone groups is 1. The molecule has 6 aromatic rings. The van der Waals surface area contributed by atoms with Crippen molar-refractivity contribution in [1.29, 1.82) is 0 Å². The van der Waals surface area contributed by atoms with Crippen LogP contribution < -0.4 is 14.9 Å². The Morgan fingerprint density at radius 1 is 0.659 bits per heavy atom. The third-order valence-corrected chi connectivity index (χ3v) is 20.6. The van der Waals surface area contributed by atoms with Gasteiger partial charge in [-0.15, -0.1) is 0 Å². The fraction of sp³-hybridized carbons (Fsp3) is 0.333. The van der Waals surface area contributed by atoms with Gasteiger partial charge in [-0.05, 0) is 164 Å². The number of carbonyl (C=O) groups excluding carboxylic acids is 4. The number of anilines is 3. The smallest absolute Gasteiger partial charge is 0.264 e. The molecule has 4 aromatic carbocycles. The fourth-order valence-corrected chi connectivity index (χ4v) is 15.0. The quantitative estimate of drug-likeness (QED) is 0.0853. The minimum atomic E-state index is -3.94. The summed E-state index contributed by atoms with van der Waals surface area (Å²) in [6.07, 6.45) is 7.82. The van der Waals surface area contributed by atoms with Crippen molar-refractivity contribution in [3.63, 3.8) is 0 Å². The van der Waals surface area contributed by atoms with Crippen LogP contribution in [0.5, 0.6) is 0 Å². The molecule has 17 nitrogen and oxygen atoms in total. The Kier molecular flexibility index (Phi) is 16.8. The summed E-state index contributed by atoms with van der Waals surface area (Å²) < 4.78 is 54.8. The average molecular weight is 1210 g/mol. The number of fused-ring (bicyclic) bond motifs is 2. The molecule has 3 fully saturated rings. The Morgan fingerprint density at radius 3 is 1.77 bits per heavy atom. The molecule has 1 atom stereocenters. The van der Waals surface area contributed by atoms with E-state index in [0.29, 0.717) is 85.5 Å². The first-order valence-electron chi connectivity index (χ1n) is 27.1. The molecule has 0 spiro atoms. The van der Waals surface area contributed by atoms with Crippen LogP contribution in [0, 0.1) is 27.7 Å². The molecule has 11 rings (SSSR count). The number of halogens is 3. The minimum Gasteiger partial charge on any atom is -0.358 e. The summed E-state index contributed by atoms with van der Waals surface area (Å²) in [5.74, 6) is -1.08. The van der Waals surface area contributed by atoms with E-state index in [9.17, 15) is 36.0 Å². The van der Waals surface area contributed by atoms with Crippen LogP contribution in [-0.2, 0) is 35.2 Å². The number of aromatic nitrogens is 2. The molecule has 0 unspecified atom stereocenters. The number of nitrogens with zero attached hydrogens (tertiary/aromatic N) is 5. The zero-order valence-electron chi connectivity index (χ0n) is 46.4. The Hall–Kier alpha value is -6.71. The maximum absolute atomic E-state index is 13.8. The Bertz CT molecular complexity index is 3860. The minimum absolute atomic E-state index is 0.0143. The molecular weight excluding hydrogens is 1150 g/mol. The number of sulfonamides is 1. The predicted molar refractivity (Wildman–Crippen MR) is 324 cm³/mol. The second-order valence-corrected chi connectivity index (χ2v) is 26.8. The Labute approximate surface area is 493 Å². The van der Waals surface area contributed by atoms with E-state index >= 15 is 0 Å². The maximum atomic E-state index is 13.8. The molecule has 0 saturated carbocycles. The van der Waals surface area contributed by atoms with Crippen molar-refractivity contribution in [2.24, 2.45) is 0 Å². The first-order chi connectivity index (χ1) is 39.0. The second kappa shape index (κ2) is 23.5. The van der Waals surface area contributed by atoms with Crippen molar-refractivity contribution in [2.45, 2.75) is 75.0 Å². The summed E-state index contributed by atoms with van der Waals surface area (Å²) in [5.41, 5.74) is 8.85. The molecule has 430 valence electrons. The lowest BCUT2D eigenvalue weighted by molar-refractivity contribution is -0.111. The van der Waals surface area contributed by atoms with Crippen molar-refractivity contribution >= 4 is 119 Å².